The molecular weight excluding hydrogens is 198 g/mol. The van der Waals surface area contributed by atoms with Crippen LogP contribution in [0.15, 0.2) is 12.4 Å². The van der Waals surface area contributed by atoms with Crippen molar-refractivity contribution in [3.63, 3.8) is 0 Å². The molecule has 1 heterocycles. The zero-order valence-electron chi connectivity index (χ0n) is 10.4. The standard InChI is InChI=1S/C13H23N3/c1-11(2)9-16-10-12(8-15-16)13(14)6-4-3-5-7-13/h8,10-11H,3-7,9,14H2,1-2H3. The minimum atomic E-state index is -0.104. The van der Waals surface area contributed by atoms with Crippen LogP contribution in [0, 0.1) is 5.92 Å². The van der Waals surface area contributed by atoms with E-state index in [1.54, 1.807) is 0 Å². The van der Waals surface area contributed by atoms with E-state index in [-0.39, 0.29) is 5.54 Å². The molecule has 1 fully saturated rings. The summed E-state index contributed by atoms with van der Waals surface area (Å²) in [5.41, 5.74) is 7.60. The fourth-order valence-electron chi connectivity index (χ4n) is 2.57. The van der Waals surface area contributed by atoms with E-state index >= 15 is 0 Å². The first-order valence-electron chi connectivity index (χ1n) is 6.42. The van der Waals surface area contributed by atoms with Gasteiger partial charge in [0.1, 0.15) is 0 Å². The number of hydrogen-bond donors (Lipinski definition) is 1. The SMILES string of the molecule is CC(C)Cn1cc(C2(N)CCCCC2)cn1. The number of aromatic nitrogens is 2. The molecule has 0 radical (unpaired) electrons. The van der Waals surface area contributed by atoms with Crippen molar-refractivity contribution < 1.29 is 0 Å². The van der Waals surface area contributed by atoms with Gasteiger partial charge in [-0.2, -0.15) is 5.10 Å². The highest BCUT2D eigenvalue weighted by Gasteiger charge is 2.30. The molecule has 16 heavy (non-hydrogen) atoms. The highest BCUT2D eigenvalue weighted by atomic mass is 15.3. The second kappa shape index (κ2) is 4.58. The van der Waals surface area contributed by atoms with E-state index in [2.05, 4.69) is 25.1 Å². The van der Waals surface area contributed by atoms with Crippen LogP contribution in [0.1, 0.15) is 51.5 Å². The summed E-state index contributed by atoms with van der Waals surface area (Å²) in [4.78, 5) is 0. The van der Waals surface area contributed by atoms with Crippen molar-refractivity contribution in [2.24, 2.45) is 11.7 Å². The molecule has 0 spiro atoms. The third-order valence-corrected chi connectivity index (χ3v) is 3.51. The van der Waals surface area contributed by atoms with Crippen molar-refractivity contribution in [3.05, 3.63) is 18.0 Å². The third kappa shape index (κ3) is 2.46. The number of nitrogens with zero attached hydrogens (tertiary/aromatic N) is 2. The van der Waals surface area contributed by atoms with Gasteiger partial charge in [0.15, 0.2) is 0 Å². The van der Waals surface area contributed by atoms with E-state index in [0.717, 1.165) is 19.4 Å². The molecule has 0 bridgehead atoms. The highest BCUT2D eigenvalue weighted by Crippen LogP contribution is 2.34. The van der Waals surface area contributed by atoms with Gasteiger partial charge in [-0.3, -0.25) is 4.68 Å². The molecule has 3 nitrogen and oxygen atoms in total. The average Bonchev–Trinajstić information content (AvgIpc) is 2.67. The Kier molecular flexibility index (Phi) is 3.33. The van der Waals surface area contributed by atoms with Crippen LogP contribution in [-0.2, 0) is 12.1 Å². The lowest BCUT2D eigenvalue weighted by atomic mass is 9.79. The maximum Gasteiger partial charge on any atom is 0.0540 e. The minimum Gasteiger partial charge on any atom is -0.321 e. The summed E-state index contributed by atoms with van der Waals surface area (Å²) in [5.74, 6) is 0.632. The Morgan fingerprint density at radius 1 is 1.38 bits per heavy atom. The maximum atomic E-state index is 6.47. The molecule has 90 valence electrons. The highest BCUT2D eigenvalue weighted by molar-refractivity contribution is 5.18. The zero-order chi connectivity index (χ0) is 11.6. The third-order valence-electron chi connectivity index (χ3n) is 3.51. The molecule has 1 aromatic heterocycles. The van der Waals surface area contributed by atoms with Crippen molar-refractivity contribution in [2.45, 2.75) is 58.0 Å². The van der Waals surface area contributed by atoms with Gasteiger partial charge in [0.25, 0.3) is 0 Å². The van der Waals surface area contributed by atoms with Crippen LogP contribution in [0.25, 0.3) is 0 Å². The lowest BCUT2D eigenvalue weighted by Crippen LogP contribution is -2.38. The van der Waals surface area contributed by atoms with E-state index in [1.807, 2.05) is 10.9 Å². The molecule has 0 aliphatic heterocycles. The van der Waals surface area contributed by atoms with Gasteiger partial charge in [-0.05, 0) is 18.8 Å². The van der Waals surface area contributed by atoms with E-state index in [1.165, 1.54) is 24.8 Å². The van der Waals surface area contributed by atoms with E-state index in [9.17, 15) is 0 Å². The molecule has 0 saturated heterocycles. The Hall–Kier alpha value is -0.830. The topological polar surface area (TPSA) is 43.8 Å². The van der Waals surface area contributed by atoms with Crippen molar-refractivity contribution in [1.29, 1.82) is 0 Å². The first kappa shape index (κ1) is 11.6. The van der Waals surface area contributed by atoms with Gasteiger partial charge in [0, 0.05) is 23.8 Å². The summed E-state index contributed by atoms with van der Waals surface area (Å²) >= 11 is 0. The quantitative estimate of drug-likeness (QED) is 0.852. The normalized spacial score (nSPS) is 20.2. The number of rotatable bonds is 3. The molecule has 0 amide bonds. The molecule has 2 N–H and O–H groups in total. The van der Waals surface area contributed by atoms with Gasteiger partial charge in [0.05, 0.1) is 6.20 Å². The molecule has 0 unspecified atom stereocenters. The molecule has 2 rings (SSSR count). The summed E-state index contributed by atoms with van der Waals surface area (Å²) in [6.07, 6.45) is 10.2. The van der Waals surface area contributed by atoms with Crippen LogP contribution in [0.5, 0.6) is 0 Å². The summed E-state index contributed by atoms with van der Waals surface area (Å²) in [5, 5.41) is 4.41. The first-order chi connectivity index (χ1) is 7.60. The van der Waals surface area contributed by atoms with Gasteiger partial charge in [-0.15, -0.1) is 0 Å². The van der Waals surface area contributed by atoms with Gasteiger partial charge in [0.2, 0.25) is 0 Å². The van der Waals surface area contributed by atoms with Gasteiger partial charge in [-0.1, -0.05) is 33.1 Å². The average molecular weight is 221 g/mol. The van der Waals surface area contributed by atoms with Crippen LogP contribution in [0.2, 0.25) is 0 Å². The molecule has 1 saturated carbocycles. The second-order valence-corrected chi connectivity index (χ2v) is 5.56. The molecular formula is C13H23N3. The summed E-state index contributed by atoms with van der Waals surface area (Å²) in [6, 6.07) is 0. The Morgan fingerprint density at radius 2 is 2.06 bits per heavy atom. The summed E-state index contributed by atoms with van der Waals surface area (Å²) in [6.45, 7) is 5.40. The van der Waals surface area contributed by atoms with Gasteiger partial charge in [-0.25, -0.2) is 0 Å². The van der Waals surface area contributed by atoms with Crippen molar-refractivity contribution >= 4 is 0 Å². The maximum absolute atomic E-state index is 6.47. The van der Waals surface area contributed by atoms with Crippen molar-refractivity contribution in [2.75, 3.05) is 0 Å². The van der Waals surface area contributed by atoms with Crippen LogP contribution in [0.3, 0.4) is 0 Å². The van der Waals surface area contributed by atoms with Crippen LogP contribution < -0.4 is 5.73 Å². The number of nitrogens with two attached hydrogens (primary N) is 1. The molecule has 0 aromatic carbocycles. The van der Waals surface area contributed by atoms with Crippen LogP contribution >= 0.6 is 0 Å². The first-order valence-corrected chi connectivity index (χ1v) is 6.42. The summed E-state index contributed by atoms with van der Waals surface area (Å²) < 4.78 is 2.03. The van der Waals surface area contributed by atoms with Crippen molar-refractivity contribution in [1.82, 2.24) is 9.78 Å². The molecule has 0 atom stereocenters. The van der Waals surface area contributed by atoms with Crippen LogP contribution in [-0.4, -0.2) is 9.78 Å². The lowest BCUT2D eigenvalue weighted by Gasteiger charge is -2.32. The Bertz CT molecular complexity index is 335. The predicted molar refractivity (Wildman–Crippen MR) is 66.0 cm³/mol. The molecule has 3 heteroatoms. The Morgan fingerprint density at radius 3 is 2.69 bits per heavy atom. The Balaban J connectivity index is 2.10. The largest absolute Gasteiger partial charge is 0.321 e. The zero-order valence-corrected chi connectivity index (χ0v) is 10.4. The van der Waals surface area contributed by atoms with Crippen molar-refractivity contribution in [3.8, 4) is 0 Å². The molecule has 1 aromatic rings. The predicted octanol–water partition coefficient (Wildman–Crippen LogP) is 2.66. The van der Waals surface area contributed by atoms with E-state index < -0.39 is 0 Å². The molecule has 1 aliphatic rings. The number of hydrogen-bond acceptors (Lipinski definition) is 2. The van der Waals surface area contributed by atoms with E-state index in [0.29, 0.717) is 5.92 Å². The fourth-order valence-corrected chi connectivity index (χ4v) is 2.57. The molecule has 1 aliphatic carbocycles. The lowest BCUT2D eigenvalue weighted by molar-refractivity contribution is 0.302. The Labute approximate surface area is 98.0 Å². The van der Waals surface area contributed by atoms with Gasteiger partial charge < -0.3 is 5.73 Å². The summed E-state index contributed by atoms with van der Waals surface area (Å²) in [7, 11) is 0. The van der Waals surface area contributed by atoms with Crippen LogP contribution in [0.4, 0.5) is 0 Å². The smallest absolute Gasteiger partial charge is 0.0540 e. The van der Waals surface area contributed by atoms with Gasteiger partial charge >= 0.3 is 0 Å². The second-order valence-electron chi connectivity index (χ2n) is 5.56. The van der Waals surface area contributed by atoms with E-state index in [4.69, 9.17) is 5.73 Å². The monoisotopic (exact) mass is 221 g/mol. The minimum absolute atomic E-state index is 0.104. The fraction of sp³-hybridized carbons (Fsp3) is 0.769.